The highest BCUT2D eigenvalue weighted by Crippen LogP contribution is 2.24. The van der Waals surface area contributed by atoms with Crippen LogP contribution in [0.2, 0.25) is 5.02 Å². The van der Waals surface area contributed by atoms with E-state index in [0.717, 1.165) is 40.0 Å². The van der Waals surface area contributed by atoms with Crippen LogP contribution in [-0.2, 0) is 6.54 Å². The first-order valence-corrected chi connectivity index (χ1v) is 11.5. The van der Waals surface area contributed by atoms with Crippen LogP contribution in [0, 0.1) is 0 Å². The Hall–Kier alpha value is -1.84. The zero-order valence-electron chi connectivity index (χ0n) is 16.2. The molecule has 3 rings (SSSR count). The molecule has 10 heteroatoms. The summed E-state index contributed by atoms with van der Waals surface area (Å²) in [7, 11) is 0. The lowest BCUT2D eigenvalue weighted by atomic mass is 10.2. The molecule has 0 fully saturated rings. The third-order valence-corrected chi connectivity index (χ3v) is 5.63. The first kappa shape index (κ1) is 21.9. The maximum Gasteiger partial charge on any atom is 0.252 e. The molecule has 29 heavy (non-hydrogen) atoms. The van der Waals surface area contributed by atoms with Crippen LogP contribution < -0.4 is 10.6 Å². The van der Waals surface area contributed by atoms with Crippen molar-refractivity contribution in [3.8, 4) is 0 Å². The molecule has 2 N–H and O–H groups in total. The molecule has 7 nitrogen and oxygen atoms in total. The van der Waals surface area contributed by atoms with Gasteiger partial charge in [-0.15, -0.1) is 0 Å². The average molecular weight is 498 g/mol. The Balaban J connectivity index is 1.75. The van der Waals surface area contributed by atoms with E-state index in [1.807, 2.05) is 0 Å². The highest BCUT2D eigenvalue weighted by atomic mass is 79.9. The lowest BCUT2D eigenvalue weighted by Gasteiger charge is -2.10. The Kier molecular flexibility index (Phi) is 7.74. The predicted octanol–water partition coefficient (Wildman–Crippen LogP) is 4.61. The Morgan fingerprint density at radius 2 is 2.10 bits per heavy atom. The van der Waals surface area contributed by atoms with Gasteiger partial charge in [-0.05, 0) is 30.4 Å². The van der Waals surface area contributed by atoms with E-state index < -0.39 is 0 Å². The number of hydrogen-bond donors (Lipinski definition) is 2. The standard InChI is InChI=1S/C19H22BrClN6OS/c1-3-7-22-16-14-11-24-27(17(14)26-19(25-16)29-4-2)9-8-23-18(28)13-10-12(20)5-6-15(13)21/h5-6,10-11H,3-4,7-9H2,1-2H3,(H,23,28)(H,22,25,26). The summed E-state index contributed by atoms with van der Waals surface area (Å²) in [5, 5.41) is 12.7. The monoisotopic (exact) mass is 496 g/mol. The van der Waals surface area contributed by atoms with E-state index in [2.05, 4.69) is 55.5 Å². The second-order valence-electron chi connectivity index (χ2n) is 6.20. The van der Waals surface area contributed by atoms with E-state index in [4.69, 9.17) is 11.6 Å². The minimum absolute atomic E-state index is 0.227. The van der Waals surface area contributed by atoms with Crippen LogP contribution in [0.4, 0.5) is 5.82 Å². The first-order chi connectivity index (χ1) is 14.0. The Labute approximate surface area is 187 Å². The molecule has 0 saturated carbocycles. The normalized spacial score (nSPS) is 11.0. The van der Waals surface area contributed by atoms with Crippen molar-refractivity contribution in [2.24, 2.45) is 0 Å². The number of nitrogens with zero attached hydrogens (tertiary/aromatic N) is 4. The molecule has 3 aromatic rings. The maximum atomic E-state index is 12.4. The summed E-state index contributed by atoms with van der Waals surface area (Å²) in [4.78, 5) is 21.7. The first-order valence-electron chi connectivity index (χ1n) is 9.37. The molecule has 2 heterocycles. The van der Waals surface area contributed by atoms with Crippen molar-refractivity contribution in [3.05, 3.63) is 39.5 Å². The fourth-order valence-corrected chi connectivity index (χ4v) is 3.84. The summed E-state index contributed by atoms with van der Waals surface area (Å²) >= 11 is 11.1. The number of fused-ring (bicyclic) bond motifs is 1. The smallest absolute Gasteiger partial charge is 0.252 e. The molecule has 154 valence electrons. The predicted molar refractivity (Wildman–Crippen MR) is 122 cm³/mol. The van der Waals surface area contributed by atoms with Crippen molar-refractivity contribution < 1.29 is 4.79 Å². The maximum absolute atomic E-state index is 12.4. The molecular weight excluding hydrogens is 476 g/mol. The quantitative estimate of drug-likeness (QED) is 0.332. The molecule has 2 aromatic heterocycles. The molecule has 0 spiro atoms. The highest BCUT2D eigenvalue weighted by molar-refractivity contribution is 9.10. The molecule has 0 unspecified atom stereocenters. The number of benzene rings is 1. The van der Waals surface area contributed by atoms with Crippen molar-refractivity contribution in [3.63, 3.8) is 0 Å². The van der Waals surface area contributed by atoms with Gasteiger partial charge >= 0.3 is 0 Å². The molecule has 1 amide bonds. The number of carbonyl (C=O) groups excluding carboxylic acids is 1. The fraction of sp³-hybridized carbons (Fsp3) is 0.368. The minimum atomic E-state index is -0.227. The molecule has 0 radical (unpaired) electrons. The topological polar surface area (TPSA) is 84.7 Å². The lowest BCUT2D eigenvalue weighted by Crippen LogP contribution is -2.27. The number of halogens is 2. The van der Waals surface area contributed by atoms with Gasteiger partial charge in [-0.1, -0.05) is 53.1 Å². The van der Waals surface area contributed by atoms with E-state index in [9.17, 15) is 4.79 Å². The SMILES string of the molecule is CCCNc1nc(SCC)nc2c1cnn2CCNC(=O)c1cc(Br)ccc1Cl. The van der Waals surface area contributed by atoms with E-state index in [1.54, 1.807) is 40.8 Å². The Morgan fingerprint density at radius 3 is 2.86 bits per heavy atom. The molecular formula is C19H22BrClN6OS. The fourth-order valence-electron chi connectivity index (χ4n) is 2.71. The van der Waals surface area contributed by atoms with E-state index in [1.165, 1.54) is 0 Å². The summed E-state index contributed by atoms with van der Waals surface area (Å²) in [5.41, 5.74) is 1.19. The average Bonchev–Trinajstić information content (AvgIpc) is 3.11. The van der Waals surface area contributed by atoms with Crippen LogP contribution in [0.5, 0.6) is 0 Å². The number of thioether (sulfide) groups is 1. The molecule has 0 bridgehead atoms. The van der Waals surface area contributed by atoms with Gasteiger partial charge in [0, 0.05) is 17.6 Å². The van der Waals surface area contributed by atoms with Crippen molar-refractivity contribution in [1.82, 2.24) is 25.1 Å². The summed E-state index contributed by atoms with van der Waals surface area (Å²) in [6, 6.07) is 5.19. The van der Waals surface area contributed by atoms with E-state index >= 15 is 0 Å². The summed E-state index contributed by atoms with van der Waals surface area (Å²) in [6.45, 7) is 5.89. The molecule has 0 aliphatic rings. The van der Waals surface area contributed by atoms with Crippen LogP contribution in [0.3, 0.4) is 0 Å². The van der Waals surface area contributed by atoms with Gasteiger partial charge in [-0.25, -0.2) is 14.6 Å². The number of nitrogens with one attached hydrogen (secondary N) is 2. The highest BCUT2D eigenvalue weighted by Gasteiger charge is 2.14. The van der Waals surface area contributed by atoms with Gasteiger partial charge in [0.25, 0.3) is 5.91 Å². The zero-order chi connectivity index (χ0) is 20.8. The minimum Gasteiger partial charge on any atom is -0.369 e. The third kappa shape index (κ3) is 5.40. The van der Waals surface area contributed by atoms with E-state index in [-0.39, 0.29) is 5.91 Å². The lowest BCUT2D eigenvalue weighted by molar-refractivity contribution is 0.0952. The molecule has 0 saturated heterocycles. The number of carbonyl (C=O) groups is 1. The Morgan fingerprint density at radius 1 is 1.28 bits per heavy atom. The molecule has 0 aliphatic carbocycles. The van der Waals surface area contributed by atoms with Gasteiger partial charge in [0.1, 0.15) is 5.82 Å². The second-order valence-corrected chi connectivity index (χ2v) is 8.75. The van der Waals surface area contributed by atoms with Gasteiger partial charge in [0.05, 0.1) is 28.7 Å². The Bertz CT molecular complexity index is 1010. The largest absolute Gasteiger partial charge is 0.369 e. The third-order valence-electron chi connectivity index (χ3n) is 4.07. The van der Waals surface area contributed by atoms with Gasteiger partial charge in [-0.2, -0.15) is 5.10 Å². The number of aromatic nitrogens is 4. The van der Waals surface area contributed by atoms with Gasteiger partial charge < -0.3 is 10.6 Å². The van der Waals surface area contributed by atoms with Gasteiger partial charge in [0.2, 0.25) is 0 Å². The molecule has 0 atom stereocenters. The molecule has 0 aliphatic heterocycles. The van der Waals surface area contributed by atoms with Crippen molar-refractivity contribution in [2.45, 2.75) is 32.0 Å². The second kappa shape index (κ2) is 10.3. The van der Waals surface area contributed by atoms with Crippen LogP contribution in [0.15, 0.2) is 34.0 Å². The molecule has 1 aromatic carbocycles. The van der Waals surface area contributed by atoms with Crippen molar-refractivity contribution >= 4 is 62.1 Å². The van der Waals surface area contributed by atoms with Crippen LogP contribution in [0.25, 0.3) is 11.0 Å². The van der Waals surface area contributed by atoms with Crippen molar-refractivity contribution in [2.75, 3.05) is 24.2 Å². The van der Waals surface area contributed by atoms with E-state index in [0.29, 0.717) is 28.8 Å². The van der Waals surface area contributed by atoms with Gasteiger partial charge in [-0.3, -0.25) is 4.79 Å². The number of amides is 1. The summed E-state index contributed by atoms with van der Waals surface area (Å²) < 4.78 is 2.59. The van der Waals surface area contributed by atoms with Crippen LogP contribution in [-0.4, -0.2) is 44.5 Å². The van der Waals surface area contributed by atoms with Crippen LogP contribution in [0.1, 0.15) is 30.6 Å². The zero-order valence-corrected chi connectivity index (χ0v) is 19.4. The van der Waals surface area contributed by atoms with Gasteiger partial charge in [0.15, 0.2) is 10.8 Å². The number of anilines is 1. The number of rotatable bonds is 9. The summed E-state index contributed by atoms with van der Waals surface area (Å²) in [5.74, 6) is 1.45. The summed E-state index contributed by atoms with van der Waals surface area (Å²) in [6.07, 6.45) is 2.76. The van der Waals surface area contributed by atoms with Crippen LogP contribution >= 0.6 is 39.3 Å². The van der Waals surface area contributed by atoms with Crippen molar-refractivity contribution in [1.29, 1.82) is 0 Å². The number of hydrogen-bond acceptors (Lipinski definition) is 6.